The highest BCUT2D eigenvalue weighted by Gasteiger charge is 2.25. The van der Waals surface area contributed by atoms with Gasteiger partial charge in [0.05, 0.1) is 6.61 Å². The lowest BCUT2D eigenvalue weighted by Gasteiger charge is -2.14. The Kier molecular flexibility index (Phi) is 3.97. The van der Waals surface area contributed by atoms with E-state index in [9.17, 15) is 8.78 Å². The number of halogens is 3. The number of methoxy groups -OCH3 is 1. The van der Waals surface area contributed by atoms with Crippen molar-refractivity contribution in [3.05, 3.63) is 33.9 Å². The van der Waals surface area contributed by atoms with E-state index in [0.29, 0.717) is 12.1 Å². The van der Waals surface area contributed by atoms with Crippen LogP contribution >= 0.6 is 11.6 Å². The maximum absolute atomic E-state index is 13.9. The van der Waals surface area contributed by atoms with Crippen molar-refractivity contribution >= 4 is 11.6 Å². The quantitative estimate of drug-likeness (QED) is 0.845. The first kappa shape index (κ1) is 12.7. The third-order valence-corrected chi connectivity index (χ3v) is 3.41. The van der Waals surface area contributed by atoms with E-state index < -0.39 is 11.6 Å². The summed E-state index contributed by atoms with van der Waals surface area (Å²) in [5.41, 5.74) is 0.443. The van der Waals surface area contributed by atoms with Gasteiger partial charge < -0.3 is 10.1 Å². The molecular formula is C12H14ClF2NO. The van der Waals surface area contributed by atoms with Crippen molar-refractivity contribution in [1.29, 1.82) is 0 Å². The van der Waals surface area contributed by atoms with Gasteiger partial charge in [-0.25, -0.2) is 8.78 Å². The van der Waals surface area contributed by atoms with Gasteiger partial charge in [0.15, 0.2) is 11.6 Å². The lowest BCUT2D eigenvalue weighted by molar-refractivity contribution is 0.180. The largest absolute Gasteiger partial charge is 0.380 e. The van der Waals surface area contributed by atoms with Crippen molar-refractivity contribution in [2.24, 2.45) is 0 Å². The van der Waals surface area contributed by atoms with Crippen LogP contribution in [0.4, 0.5) is 8.78 Å². The maximum Gasteiger partial charge on any atom is 0.166 e. The van der Waals surface area contributed by atoms with Crippen molar-refractivity contribution in [1.82, 2.24) is 5.32 Å². The number of nitrogens with one attached hydrogen (secondary N) is 1. The lowest BCUT2D eigenvalue weighted by atomic mass is 9.96. The molecule has 0 saturated carbocycles. The second-order valence-corrected chi connectivity index (χ2v) is 4.58. The first-order valence-corrected chi connectivity index (χ1v) is 5.89. The molecule has 2 nitrogen and oxygen atoms in total. The van der Waals surface area contributed by atoms with Gasteiger partial charge in [0.25, 0.3) is 0 Å². The van der Waals surface area contributed by atoms with Crippen LogP contribution in [0.2, 0.25) is 5.02 Å². The molecule has 1 aliphatic rings. The molecule has 2 rings (SSSR count). The fourth-order valence-electron chi connectivity index (χ4n) is 2.14. The van der Waals surface area contributed by atoms with E-state index in [1.807, 2.05) is 0 Å². The normalized spacial score (nSPS) is 19.9. The summed E-state index contributed by atoms with van der Waals surface area (Å²) in [5.74, 6) is -1.69. The summed E-state index contributed by atoms with van der Waals surface area (Å²) >= 11 is 5.96. The fourth-order valence-corrected chi connectivity index (χ4v) is 2.40. The maximum atomic E-state index is 13.9. The van der Waals surface area contributed by atoms with E-state index in [1.165, 1.54) is 13.2 Å². The molecule has 1 N–H and O–H groups in total. The number of rotatable bonds is 3. The third-order valence-electron chi connectivity index (χ3n) is 3.07. The zero-order chi connectivity index (χ0) is 12.4. The molecule has 0 aliphatic carbocycles. The molecule has 1 saturated heterocycles. The number of hydrogen-bond acceptors (Lipinski definition) is 2. The van der Waals surface area contributed by atoms with Gasteiger partial charge in [-0.2, -0.15) is 0 Å². The lowest BCUT2D eigenvalue weighted by Crippen LogP contribution is -2.11. The molecule has 94 valence electrons. The summed E-state index contributed by atoms with van der Waals surface area (Å²) in [5, 5.41) is 3.35. The summed E-state index contributed by atoms with van der Waals surface area (Å²) in [6.45, 7) is 1.46. The Morgan fingerprint density at radius 1 is 1.47 bits per heavy atom. The molecule has 17 heavy (non-hydrogen) atoms. The summed E-state index contributed by atoms with van der Waals surface area (Å²) in [6, 6.07) is 1.52. The van der Waals surface area contributed by atoms with E-state index in [2.05, 4.69) is 5.32 Å². The Labute approximate surface area is 104 Å². The van der Waals surface area contributed by atoms with Crippen LogP contribution in [0.5, 0.6) is 0 Å². The predicted molar refractivity (Wildman–Crippen MR) is 62.3 cm³/mol. The first-order valence-electron chi connectivity index (χ1n) is 5.51. The minimum Gasteiger partial charge on any atom is -0.380 e. The van der Waals surface area contributed by atoms with Gasteiger partial charge in [-0.3, -0.25) is 0 Å². The van der Waals surface area contributed by atoms with Gasteiger partial charge >= 0.3 is 0 Å². The van der Waals surface area contributed by atoms with E-state index in [0.717, 1.165) is 13.0 Å². The fraction of sp³-hybridized carbons (Fsp3) is 0.500. The van der Waals surface area contributed by atoms with Crippen LogP contribution < -0.4 is 5.32 Å². The standard InChI is InChI=1S/C12H14ClF2NO/c1-17-6-9-10(13)4-8(11(14)12(9)15)7-2-3-16-5-7/h4,7,16H,2-3,5-6H2,1H3. The molecule has 5 heteroatoms. The zero-order valence-electron chi connectivity index (χ0n) is 9.53. The van der Waals surface area contributed by atoms with E-state index in [1.54, 1.807) is 0 Å². The molecule has 0 spiro atoms. The Bertz CT molecular complexity index is 419. The molecule has 1 fully saturated rings. The van der Waals surface area contributed by atoms with Crippen LogP contribution in [0.25, 0.3) is 0 Å². The first-order chi connectivity index (χ1) is 8.15. The van der Waals surface area contributed by atoms with Gasteiger partial charge in [-0.15, -0.1) is 0 Å². The summed E-state index contributed by atoms with van der Waals surface area (Å²) < 4.78 is 32.5. The Balaban J connectivity index is 2.41. The average molecular weight is 262 g/mol. The van der Waals surface area contributed by atoms with Crippen molar-refractivity contribution in [3.8, 4) is 0 Å². The molecule has 1 aromatic carbocycles. The Hall–Kier alpha value is -0.710. The highest BCUT2D eigenvalue weighted by Crippen LogP contribution is 2.32. The van der Waals surface area contributed by atoms with Crippen LogP contribution in [0.15, 0.2) is 6.07 Å². The van der Waals surface area contributed by atoms with E-state index >= 15 is 0 Å². The minimum absolute atomic E-state index is 0.00130. The number of hydrogen-bond donors (Lipinski definition) is 1. The number of ether oxygens (including phenoxy) is 1. The summed E-state index contributed by atoms with van der Waals surface area (Å²) in [4.78, 5) is 0. The molecule has 1 heterocycles. The predicted octanol–water partition coefficient (Wildman–Crippen LogP) is 2.84. The Morgan fingerprint density at radius 3 is 2.82 bits per heavy atom. The average Bonchev–Trinajstić information content (AvgIpc) is 2.83. The van der Waals surface area contributed by atoms with Crippen molar-refractivity contribution in [2.45, 2.75) is 18.9 Å². The van der Waals surface area contributed by atoms with E-state index in [-0.39, 0.29) is 23.1 Å². The highest BCUT2D eigenvalue weighted by atomic mass is 35.5. The SMILES string of the molecule is COCc1c(Cl)cc(C2CCNC2)c(F)c1F. The van der Waals surface area contributed by atoms with Gasteiger partial charge in [-0.1, -0.05) is 11.6 Å². The Morgan fingerprint density at radius 2 is 2.24 bits per heavy atom. The molecule has 0 aromatic heterocycles. The van der Waals surface area contributed by atoms with E-state index in [4.69, 9.17) is 16.3 Å². The van der Waals surface area contributed by atoms with Crippen molar-refractivity contribution in [2.75, 3.05) is 20.2 Å². The molecule has 0 amide bonds. The topological polar surface area (TPSA) is 21.3 Å². The van der Waals surface area contributed by atoms with Gasteiger partial charge in [0, 0.05) is 30.2 Å². The van der Waals surface area contributed by atoms with Crippen molar-refractivity contribution in [3.63, 3.8) is 0 Å². The van der Waals surface area contributed by atoms with Crippen LogP contribution in [0.1, 0.15) is 23.5 Å². The summed E-state index contributed by atoms with van der Waals surface area (Å²) in [6.07, 6.45) is 0.802. The molecule has 1 aromatic rings. The number of benzene rings is 1. The minimum atomic E-state index is -0.888. The molecule has 1 atom stereocenters. The monoisotopic (exact) mass is 261 g/mol. The van der Waals surface area contributed by atoms with Gasteiger partial charge in [0.2, 0.25) is 0 Å². The second-order valence-electron chi connectivity index (χ2n) is 4.18. The third kappa shape index (κ3) is 2.44. The molecule has 1 unspecified atom stereocenters. The zero-order valence-corrected chi connectivity index (χ0v) is 10.3. The van der Waals surface area contributed by atoms with Gasteiger partial charge in [0.1, 0.15) is 0 Å². The molecular weight excluding hydrogens is 248 g/mol. The highest BCUT2D eigenvalue weighted by molar-refractivity contribution is 6.31. The summed E-state index contributed by atoms with van der Waals surface area (Å²) in [7, 11) is 1.42. The smallest absolute Gasteiger partial charge is 0.166 e. The van der Waals surface area contributed by atoms with Gasteiger partial charge in [-0.05, 0) is 24.6 Å². The van der Waals surface area contributed by atoms with Crippen molar-refractivity contribution < 1.29 is 13.5 Å². The molecule has 0 radical (unpaired) electrons. The second kappa shape index (κ2) is 5.29. The van der Waals surface area contributed by atoms with Crippen LogP contribution in [0, 0.1) is 11.6 Å². The molecule has 0 bridgehead atoms. The van der Waals surface area contributed by atoms with Crippen LogP contribution in [-0.2, 0) is 11.3 Å². The molecule has 1 aliphatic heterocycles. The van der Waals surface area contributed by atoms with Crippen LogP contribution in [-0.4, -0.2) is 20.2 Å². The van der Waals surface area contributed by atoms with Crippen LogP contribution in [0.3, 0.4) is 0 Å².